The van der Waals surface area contributed by atoms with Crippen LogP contribution in [0.2, 0.25) is 0 Å². The van der Waals surface area contributed by atoms with E-state index in [0.29, 0.717) is 19.1 Å². The van der Waals surface area contributed by atoms with Crippen molar-refractivity contribution in [2.75, 3.05) is 19.8 Å². The molecule has 0 aliphatic heterocycles. The molecule has 0 amide bonds. The standard InChI is InChI=1S/C12H25NO3/c1-5-7-10(3)8-16-9-12(4,11(14)15)13-6-2/h10,13H,5-9H2,1-4H3,(H,14,15). The summed E-state index contributed by atoms with van der Waals surface area (Å²) in [5.41, 5.74) is -0.972. The van der Waals surface area contributed by atoms with E-state index in [1.807, 2.05) is 6.92 Å². The van der Waals surface area contributed by atoms with E-state index in [1.165, 1.54) is 0 Å². The fourth-order valence-corrected chi connectivity index (χ4v) is 1.62. The number of carbonyl (C=O) groups is 1. The lowest BCUT2D eigenvalue weighted by atomic mass is 10.0. The van der Waals surface area contributed by atoms with Crippen LogP contribution in [0.25, 0.3) is 0 Å². The highest BCUT2D eigenvalue weighted by atomic mass is 16.5. The van der Waals surface area contributed by atoms with Gasteiger partial charge in [0.1, 0.15) is 5.54 Å². The second kappa shape index (κ2) is 7.63. The van der Waals surface area contributed by atoms with Crippen molar-refractivity contribution in [3.8, 4) is 0 Å². The van der Waals surface area contributed by atoms with Gasteiger partial charge in [0.05, 0.1) is 6.61 Å². The van der Waals surface area contributed by atoms with E-state index in [9.17, 15) is 4.79 Å². The number of hydrogen-bond acceptors (Lipinski definition) is 3. The molecule has 0 aromatic carbocycles. The van der Waals surface area contributed by atoms with Crippen LogP contribution >= 0.6 is 0 Å². The molecular formula is C12H25NO3. The number of rotatable bonds is 9. The molecule has 2 atom stereocenters. The average molecular weight is 231 g/mol. The van der Waals surface area contributed by atoms with E-state index in [1.54, 1.807) is 6.92 Å². The zero-order chi connectivity index (χ0) is 12.6. The Morgan fingerprint density at radius 2 is 2.12 bits per heavy atom. The smallest absolute Gasteiger partial charge is 0.326 e. The Balaban J connectivity index is 3.99. The summed E-state index contributed by atoms with van der Waals surface area (Å²) in [6, 6.07) is 0. The number of likely N-dealkylation sites (N-methyl/N-ethyl adjacent to an activating group) is 1. The van der Waals surface area contributed by atoms with E-state index in [2.05, 4.69) is 19.2 Å². The minimum Gasteiger partial charge on any atom is -0.480 e. The predicted molar refractivity (Wildman–Crippen MR) is 64.6 cm³/mol. The molecule has 0 rings (SSSR count). The minimum atomic E-state index is -0.972. The van der Waals surface area contributed by atoms with Gasteiger partial charge in [-0.25, -0.2) is 0 Å². The second-order valence-electron chi connectivity index (χ2n) is 4.58. The topological polar surface area (TPSA) is 58.6 Å². The SMILES string of the molecule is CCCC(C)COCC(C)(NCC)C(=O)O. The molecule has 0 aliphatic carbocycles. The fourth-order valence-electron chi connectivity index (χ4n) is 1.62. The van der Waals surface area contributed by atoms with Crippen molar-refractivity contribution in [3.63, 3.8) is 0 Å². The monoisotopic (exact) mass is 231 g/mol. The van der Waals surface area contributed by atoms with Crippen LogP contribution in [-0.2, 0) is 9.53 Å². The van der Waals surface area contributed by atoms with E-state index < -0.39 is 11.5 Å². The fraction of sp³-hybridized carbons (Fsp3) is 0.917. The first-order valence-corrected chi connectivity index (χ1v) is 6.02. The largest absolute Gasteiger partial charge is 0.480 e. The minimum absolute atomic E-state index is 0.213. The third-order valence-corrected chi connectivity index (χ3v) is 2.61. The van der Waals surface area contributed by atoms with Crippen LogP contribution in [0, 0.1) is 5.92 Å². The molecule has 0 radical (unpaired) electrons. The van der Waals surface area contributed by atoms with Crippen molar-refractivity contribution < 1.29 is 14.6 Å². The van der Waals surface area contributed by atoms with E-state index in [0.717, 1.165) is 12.8 Å². The summed E-state index contributed by atoms with van der Waals surface area (Å²) in [5.74, 6) is -0.373. The molecule has 0 aromatic heterocycles. The zero-order valence-electron chi connectivity index (χ0n) is 10.9. The summed E-state index contributed by atoms with van der Waals surface area (Å²) in [5, 5.41) is 12.0. The maximum absolute atomic E-state index is 11.1. The Morgan fingerprint density at radius 3 is 2.56 bits per heavy atom. The first-order valence-electron chi connectivity index (χ1n) is 6.02. The molecule has 96 valence electrons. The van der Waals surface area contributed by atoms with Crippen LogP contribution in [0.4, 0.5) is 0 Å². The Bertz CT molecular complexity index is 208. The van der Waals surface area contributed by atoms with E-state index in [4.69, 9.17) is 9.84 Å². The number of carboxylic acids is 1. The van der Waals surface area contributed by atoms with Crippen molar-refractivity contribution in [1.29, 1.82) is 0 Å². The summed E-state index contributed by atoms with van der Waals surface area (Å²) in [6.07, 6.45) is 2.25. The Labute approximate surface area is 98.4 Å². The van der Waals surface area contributed by atoms with Crippen LogP contribution < -0.4 is 5.32 Å². The summed E-state index contributed by atoms with van der Waals surface area (Å²) < 4.78 is 5.48. The molecule has 4 nitrogen and oxygen atoms in total. The Kier molecular flexibility index (Phi) is 7.34. The lowest BCUT2D eigenvalue weighted by molar-refractivity contribution is -0.147. The number of hydrogen-bond donors (Lipinski definition) is 2. The van der Waals surface area contributed by atoms with Gasteiger partial charge in [0, 0.05) is 6.61 Å². The quantitative estimate of drug-likeness (QED) is 0.636. The summed E-state index contributed by atoms with van der Waals surface area (Å²) >= 11 is 0. The second-order valence-corrected chi connectivity index (χ2v) is 4.58. The van der Waals surface area contributed by atoms with Crippen molar-refractivity contribution in [2.45, 2.75) is 46.1 Å². The predicted octanol–water partition coefficient (Wildman–Crippen LogP) is 1.89. The first-order chi connectivity index (χ1) is 7.46. The Hall–Kier alpha value is -0.610. The molecule has 2 unspecified atom stereocenters. The molecule has 4 heteroatoms. The van der Waals surface area contributed by atoms with Crippen LogP contribution in [0.5, 0.6) is 0 Å². The summed E-state index contributed by atoms with van der Waals surface area (Å²) in [7, 11) is 0. The number of aliphatic carboxylic acids is 1. The van der Waals surface area contributed by atoms with Gasteiger partial charge < -0.3 is 15.2 Å². The van der Waals surface area contributed by atoms with E-state index in [-0.39, 0.29) is 6.61 Å². The van der Waals surface area contributed by atoms with Gasteiger partial charge in [0.15, 0.2) is 0 Å². The summed E-state index contributed by atoms with van der Waals surface area (Å²) in [6.45, 7) is 9.26. The van der Waals surface area contributed by atoms with Gasteiger partial charge in [0.25, 0.3) is 0 Å². The normalized spacial score (nSPS) is 16.8. The number of ether oxygens (including phenoxy) is 1. The maximum Gasteiger partial charge on any atom is 0.326 e. The molecule has 2 N–H and O–H groups in total. The van der Waals surface area contributed by atoms with Crippen molar-refractivity contribution in [3.05, 3.63) is 0 Å². The molecule has 0 aromatic rings. The summed E-state index contributed by atoms with van der Waals surface area (Å²) in [4.78, 5) is 11.1. The molecule has 16 heavy (non-hydrogen) atoms. The van der Waals surface area contributed by atoms with Crippen LogP contribution in [0.3, 0.4) is 0 Å². The maximum atomic E-state index is 11.1. The Morgan fingerprint density at radius 1 is 1.50 bits per heavy atom. The average Bonchev–Trinajstić information content (AvgIpc) is 2.18. The molecule has 0 heterocycles. The molecule has 0 spiro atoms. The highest BCUT2D eigenvalue weighted by Crippen LogP contribution is 2.09. The highest BCUT2D eigenvalue weighted by molar-refractivity contribution is 5.78. The molecule has 0 aliphatic rings. The third kappa shape index (κ3) is 5.47. The third-order valence-electron chi connectivity index (χ3n) is 2.61. The van der Waals surface area contributed by atoms with Gasteiger partial charge >= 0.3 is 5.97 Å². The first kappa shape index (κ1) is 15.4. The molecule has 0 fully saturated rings. The van der Waals surface area contributed by atoms with Gasteiger partial charge in [-0.3, -0.25) is 4.79 Å². The molecular weight excluding hydrogens is 206 g/mol. The van der Waals surface area contributed by atoms with Crippen LogP contribution in [0.1, 0.15) is 40.5 Å². The van der Waals surface area contributed by atoms with E-state index >= 15 is 0 Å². The van der Waals surface area contributed by atoms with Gasteiger partial charge in [-0.1, -0.05) is 27.2 Å². The van der Waals surface area contributed by atoms with Crippen molar-refractivity contribution in [1.82, 2.24) is 5.32 Å². The van der Waals surface area contributed by atoms with Crippen molar-refractivity contribution >= 4 is 5.97 Å². The van der Waals surface area contributed by atoms with Crippen molar-refractivity contribution in [2.24, 2.45) is 5.92 Å². The van der Waals surface area contributed by atoms with Gasteiger partial charge in [-0.2, -0.15) is 0 Å². The molecule has 0 bridgehead atoms. The molecule has 0 saturated heterocycles. The highest BCUT2D eigenvalue weighted by Gasteiger charge is 2.32. The lowest BCUT2D eigenvalue weighted by Gasteiger charge is -2.26. The van der Waals surface area contributed by atoms with Gasteiger partial charge in [0.2, 0.25) is 0 Å². The number of carboxylic acid groups (broad SMARTS) is 1. The molecule has 0 saturated carbocycles. The van der Waals surface area contributed by atoms with Gasteiger partial charge in [-0.15, -0.1) is 0 Å². The van der Waals surface area contributed by atoms with Gasteiger partial charge in [-0.05, 0) is 25.8 Å². The van der Waals surface area contributed by atoms with Crippen LogP contribution in [-0.4, -0.2) is 36.4 Å². The lowest BCUT2D eigenvalue weighted by Crippen LogP contribution is -2.53. The van der Waals surface area contributed by atoms with Crippen LogP contribution in [0.15, 0.2) is 0 Å². The number of nitrogens with one attached hydrogen (secondary N) is 1. The zero-order valence-corrected chi connectivity index (χ0v) is 10.9.